The molecular weight excluding hydrogens is 550 g/mol. The fourth-order valence-electron chi connectivity index (χ4n) is 9.26. The van der Waals surface area contributed by atoms with Gasteiger partial charge in [-0.05, 0) is 67.3 Å². The molecule has 0 amide bonds. The van der Waals surface area contributed by atoms with Gasteiger partial charge < -0.3 is 23.7 Å². The molecule has 2 spiro atoms. The summed E-state index contributed by atoms with van der Waals surface area (Å²) in [6, 6.07) is 25.6. The lowest BCUT2D eigenvalue weighted by atomic mass is 9.48. The van der Waals surface area contributed by atoms with E-state index in [4.69, 9.17) is 23.7 Å². The molecule has 1 unspecified atom stereocenters. The largest absolute Gasteiger partial charge is 0.485 e. The van der Waals surface area contributed by atoms with Gasteiger partial charge in [0.25, 0.3) is 0 Å². The Kier molecular flexibility index (Phi) is 6.45. The van der Waals surface area contributed by atoms with Crippen LogP contribution in [0.15, 0.2) is 78.9 Å². The number of piperidine rings is 1. The van der Waals surface area contributed by atoms with Crippen LogP contribution in [-0.4, -0.2) is 61.3 Å². The van der Waals surface area contributed by atoms with E-state index in [1.807, 2.05) is 6.07 Å². The molecule has 4 fully saturated rings. The standard InChI is InChI=1S/C38H41NO5/c1-3-8-27(9-4-1)12-7-21-41-37-17-18-38(42-22-23-43-38)35-36(37)19-20-39(25-28-13-14-28)32(37)24-30-15-16-31(34(44-35)33(30)36)40-26-29-10-5-2-6-11-29/h1-12,15-16,28,32,35H,13-14,17-26H2/t32?,35-,36+,37-/m1/s1. The molecule has 2 saturated carbocycles. The molecule has 4 atom stereocenters. The van der Waals surface area contributed by atoms with Crippen LogP contribution in [0.25, 0.3) is 6.08 Å². The number of hydrogen-bond donors (Lipinski definition) is 0. The Labute approximate surface area is 259 Å². The molecule has 0 aromatic heterocycles. The second-order valence-corrected chi connectivity index (χ2v) is 13.6. The summed E-state index contributed by atoms with van der Waals surface area (Å²) >= 11 is 0. The molecule has 0 N–H and O–H groups in total. The number of benzene rings is 3. The summed E-state index contributed by atoms with van der Waals surface area (Å²) in [5.74, 6) is 1.74. The number of nitrogens with zero attached hydrogens (tertiary/aromatic N) is 1. The number of rotatable bonds is 9. The highest BCUT2D eigenvalue weighted by atomic mass is 16.8. The maximum Gasteiger partial charge on any atom is 0.207 e. The van der Waals surface area contributed by atoms with Crippen molar-refractivity contribution >= 4 is 6.08 Å². The van der Waals surface area contributed by atoms with Crippen molar-refractivity contribution in [3.8, 4) is 11.5 Å². The van der Waals surface area contributed by atoms with E-state index in [-0.39, 0.29) is 17.6 Å². The van der Waals surface area contributed by atoms with Crippen LogP contribution in [0.5, 0.6) is 11.5 Å². The van der Waals surface area contributed by atoms with Crippen LogP contribution < -0.4 is 9.47 Å². The van der Waals surface area contributed by atoms with Gasteiger partial charge in [0.1, 0.15) is 6.61 Å². The van der Waals surface area contributed by atoms with Gasteiger partial charge in [-0.1, -0.05) is 78.9 Å². The van der Waals surface area contributed by atoms with E-state index >= 15 is 0 Å². The van der Waals surface area contributed by atoms with Gasteiger partial charge >= 0.3 is 0 Å². The Hall–Kier alpha value is -3.16. The van der Waals surface area contributed by atoms with E-state index < -0.39 is 11.4 Å². The number of likely N-dealkylation sites (tertiary alicyclic amines) is 1. The molecule has 2 bridgehead atoms. The fourth-order valence-corrected chi connectivity index (χ4v) is 9.26. The Morgan fingerprint density at radius 3 is 2.48 bits per heavy atom. The van der Waals surface area contributed by atoms with E-state index in [1.54, 1.807) is 0 Å². The van der Waals surface area contributed by atoms with Crippen molar-refractivity contribution in [3.63, 3.8) is 0 Å². The van der Waals surface area contributed by atoms with Gasteiger partial charge in [0.15, 0.2) is 17.6 Å². The Bertz CT molecular complexity index is 1550. The molecule has 3 aliphatic carbocycles. The Balaban J connectivity index is 1.15. The molecule has 9 rings (SSSR count). The average Bonchev–Trinajstić information content (AvgIpc) is 3.63. The molecular formula is C38H41NO5. The molecule has 2 saturated heterocycles. The SMILES string of the molecule is C(=Cc1ccccc1)CO[C@@]12CCC3(OCCO3)[C@@H]3Oc4c(OCc5ccccc5)ccc5c4[C@@]31CCN(CC1CC1)C2C5. The summed E-state index contributed by atoms with van der Waals surface area (Å²) in [5, 5.41) is 0. The van der Waals surface area contributed by atoms with Crippen molar-refractivity contribution in [2.45, 2.75) is 74.1 Å². The summed E-state index contributed by atoms with van der Waals surface area (Å²) < 4.78 is 34.2. The zero-order chi connectivity index (χ0) is 29.2. The molecule has 3 heterocycles. The van der Waals surface area contributed by atoms with Crippen LogP contribution in [0.1, 0.15) is 54.4 Å². The van der Waals surface area contributed by atoms with Crippen LogP contribution in [-0.2, 0) is 32.7 Å². The Morgan fingerprint density at radius 1 is 0.886 bits per heavy atom. The van der Waals surface area contributed by atoms with Gasteiger partial charge in [0.2, 0.25) is 5.79 Å². The summed E-state index contributed by atoms with van der Waals surface area (Å²) in [7, 11) is 0. The third-order valence-corrected chi connectivity index (χ3v) is 11.3. The van der Waals surface area contributed by atoms with Gasteiger partial charge in [0.05, 0.1) is 30.8 Å². The molecule has 3 aliphatic heterocycles. The molecule has 228 valence electrons. The van der Waals surface area contributed by atoms with E-state index in [0.717, 1.165) is 61.8 Å². The molecule has 0 radical (unpaired) electrons. The van der Waals surface area contributed by atoms with Crippen LogP contribution in [0.3, 0.4) is 0 Å². The quantitative estimate of drug-likeness (QED) is 0.291. The normalized spacial score (nSPS) is 31.3. The van der Waals surface area contributed by atoms with Crippen molar-refractivity contribution in [3.05, 3.63) is 101 Å². The number of ether oxygens (including phenoxy) is 5. The first-order valence-electron chi connectivity index (χ1n) is 16.6. The highest BCUT2D eigenvalue weighted by molar-refractivity contribution is 5.63. The third kappa shape index (κ3) is 4.07. The lowest BCUT2D eigenvalue weighted by Gasteiger charge is -2.66. The third-order valence-electron chi connectivity index (χ3n) is 11.3. The first-order valence-corrected chi connectivity index (χ1v) is 16.6. The first kappa shape index (κ1) is 27.2. The molecule has 44 heavy (non-hydrogen) atoms. The molecule has 6 heteroatoms. The molecule has 3 aromatic carbocycles. The van der Waals surface area contributed by atoms with Crippen LogP contribution in [0.4, 0.5) is 0 Å². The smallest absolute Gasteiger partial charge is 0.207 e. The lowest BCUT2D eigenvalue weighted by Crippen LogP contribution is -2.80. The summed E-state index contributed by atoms with van der Waals surface area (Å²) in [6.07, 6.45) is 10.3. The number of hydrogen-bond acceptors (Lipinski definition) is 6. The fraction of sp³-hybridized carbons (Fsp3) is 0.474. The first-order chi connectivity index (χ1) is 21.7. The zero-order valence-electron chi connectivity index (χ0n) is 25.3. The van der Waals surface area contributed by atoms with Crippen molar-refractivity contribution in [1.29, 1.82) is 0 Å². The second-order valence-electron chi connectivity index (χ2n) is 13.6. The lowest BCUT2D eigenvalue weighted by molar-refractivity contribution is -0.304. The highest BCUT2D eigenvalue weighted by Crippen LogP contribution is 2.69. The van der Waals surface area contributed by atoms with Crippen molar-refractivity contribution < 1.29 is 23.7 Å². The predicted octanol–water partition coefficient (Wildman–Crippen LogP) is 6.31. The minimum atomic E-state index is -0.764. The summed E-state index contributed by atoms with van der Waals surface area (Å²) in [6.45, 7) is 4.45. The van der Waals surface area contributed by atoms with Crippen LogP contribution >= 0.6 is 0 Å². The van der Waals surface area contributed by atoms with Gasteiger partial charge in [-0.25, -0.2) is 0 Å². The topological polar surface area (TPSA) is 49.4 Å². The number of fused-ring (bicyclic) bond motifs is 1. The molecule has 6 nitrogen and oxygen atoms in total. The minimum Gasteiger partial charge on any atom is -0.485 e. The second kappa shape index (κ2) is 10.4. The summed E-state index contributed by atoms with van der Waals surface area (Å²) in [5.41, 5.74) is 4.20. The van der Waals surface area contributed by atoms with Gasteiger partial charge in [0, 0.05) is 24.6 Å². The molecule has 6 aliphatic rings. The predicted molar refractivity (Wildman–Crippen MR) is 168 cm³/mol. The maximum atomic E-state index is 7.36. The van der Waals surface area contributed by atoms with E-state index in [2.05, 4.69) is 83.8 Å². The van der Waals surface area contributed by atoms with Crippen molar-refractivity contribution in [1.82, 2.24) is 4.90 Å². The highest BCUT2D eigenvalue weighted by Gasteiger charge is 2.78. The van der Waals surface area contributed by atoms with Gasteiger partial charge in [-0.15, -0.1) is 0 Å². The van der Waals surface area contributed by atoms with Crippen molar-refractivity contribution in [2.24, 2.45) is 5.92 Å². The Morgan fingerprint density at radius 2 is 1.68 bits per heavy atom. The van der Waals surface area contributed by atoms with E-state index in [1.165, 1.54) is 29.5 Å². The van der Waals surface area contributed by atoms with E-state index in [9.17, 15) is 0 Å². The van der Waals surface area contributed by atoms with Gasteiger partial charge in [-0.2, -0.15) is 0 Å². The summed E-state index contributed by atoms with van der Waals surface area (Å²) in [4.78, 5) is 2.77. The zero-order valence-corrected chi connectivity index (χ0v) is 25.3. The maximum absolute atomic E-state index is 7.36. The minimum absolute atomic E-state index is 0.279. The van der Waals surface area contributed by atoms with Crippen molar-refractivity contribution in [2.75, 3.05) is 32.9 Å². The average molecular weight is 592 g/mol. The molecule has 3 aromatic rings. The van der Waals surface area contributed by atoms with Crippen LogP contribution in [0, 0.1) is 5.92 Å². The van der Waals surface area contributed by atoms with E-state index in [0.29, 0.717) is 26.4 Å². The monoisotopic (exact) mass is 591 g/mol. The van der Waals surface area contributed by atoms with Crippen LogP contribution in [0.2, 0.25) is 0 Å². The van der Waals surface area contributed by atoms with Gasteiger partial charge in [-0.3, -0.25) is 4.90 Å².